The molecule has 0 fully saturated rings. The number of aromatic nitrogens is 4. The van der Waals surface area contributed by atoms with Crippen LogP contribution in [0.1, 0.15) is 22.5 Å². The molecule has 6 heteroatoms. The smallest absolute Gasteiger partial charge is 0.0709 e. The molecule has 144 valence electrons. The molecule has 30 heavy (non-hydrogen) atoms. The molecule has 0 unspecified atom stereocenters. The van der Waals surface area contributed by atoms with E-state index in [9.17, 15) is 0 Å². The van der Waals surface area contributed by atoms with E-state index < -0.39 is 0 Å². The first-order valence-electron chi connectivity index (χ1n) is 9.55. The zero-order valence-corrected chi connectivity index (χ0v) is 17.4. The minimum absolute atomic E-state index is 0.918. The lowest BCUT2D eigenvalue weighted by Crippen LogP contribution is -1.74. The fraction of sp³-hybridized carbons (Fsp3) is 0. The van der Waals surface area contributed by atoms with Gasteiger partial charge >= 0.3 is 0 Å². The van der Waals surface area contributed by atoms with Crippen LogP contribution in [0.4, 0.5) is 0 Å². The van der Waals surface area contributed by atoms with E-state index in [2.05, 4.69) is 84.1 Å². The summed E-state index contributed by atoms with van der Waals surface area (Å²) in [6, 6.07) is 12.6. The molecule has 6 rings (SSSR count). The fourth-order valence-corrected chi connectivity index (χ4v) is 5.18. The second kappa shape index (κ2) is 7.09. The molecule has 0 aromatic rings. The lowest BCUT2D eigenvalue weighted by Gasteiger charge is -1.93. The number of nitrogens with zero attached hydrogens (tertiary/aromatic N) is 2. The maximum atomic E-state index is 4.64. The number of rotatable bonds is 4. The van der Waals surface area contributed by atoms with E-state index in [0.717, 1.165) is 22.5 Å². The molecule has 0 atom stereocenters. The zero-order valence-electron chi connectivity index (χ0n) is 15.8. The van der Waals surface area contributed by atoms with Crippen LogP contribution in [0, 0.1) is 0 Å². The predicted octanol–water partition coefficient (Wildman–Crippen LogP) is 6.91. The number of fused-ring (bicyclic) bond motifs is 3. The molecule has 4 nitrogen and oxygen atoms in total. The minimum atomic E-state index is 0.918. The summed E-state index contributed by atoms with van der Waals surface area (Å²) in [7, 11) is 0. The Kier molecular flexibility index (Phi) is 4.11. The van der Waals surface area contributed by atoms with Crippen LogP contribution < -0.4 is 0 Å². The van der Waals surface area contributed by atoms with Gasteiger partial charge in [-0.3, -0.25) is 9.97 Å². The average molecular weight is 425 g/mol. The second-order valence-corrected chi connectivity index (χ2v) is 8.45. The van der Waals surface area contributed by atoms with Crippen molar-refractivity contribution in [2.24, 2.45) is 0 Å². The Labute approximate surface area is 181 Å². The highest BCUT2D eigenvalue weighted by Crippen LogP contribution is 2.32. The quantitative estimate of drug-likeness (QED) is 0.323. The van der Waals surface area contributed by atoms with Crippen molar-refractivity contribution in [3.8, 4) is 33.6 Å². The highest BCUT2D eigenvalue weighted by Gasteiger charge is 2.11. The third-order valence-electron chi connectivity index (χ3n) is 5.31. The van der Waals surface area contributed by atoms with Crippen molar-refractivity contribution in [2.45, 2.75) is 0 Å². The van der Waals surface area contributed by atoms with Crippen molar-refractivity contribution in [3.05, 3.63) is 82.1 Å². The van der Waals surface area contributed by atoms with E-state index in [1.807, 2.05) is 18.5 Å². The van der Waals surface area contributed by atoms with Crippen LogP contribution in [0.25, 0.3) is 57.9 Å². The third kappa shape index (κ3) is 2.98. The molecular formula is C24H16N4S2. The molecule has 0 saturated carbocycles. The molecule has 4 heterocycles. The van der Waals surface area contributed by atoms with Gasteiger partial charge in [0, 0.05) is 45.4 Å². The van der Waals surface area contributed by atoms with Gasteiger partial charge in [-0.05, 0) is 47.5 Å². The topological polar surface area (TPSA) is 57.4 Å². The van der Waals surface area contributed by atoms with Gasteiger partial charge in [0.15, 0.2) is 0 Å². The van der Waals surface area contributed by atoms with Gasteiger partial charge in [0.05, 0.1) is 22.8 Å². The largest absolute Gasteiger partial charge is 0.311 e. The first-order chi connectivity index (χ1) is 14.8. The number of hydrogen-bond acceptors (Lipinski definition) is 4. The zero-order chi connectivity index (χ0) is 19.9. The first-order valence-corrected chi connectivity index (χ1v) is 11.3. The third-order valence-corrected chi connectivity index (χ3v) is 6.69. The fourth-order valence-electron chi connectivity index (χ4n) is 3.69. The van der Waals surface area contributed by atoms with Crippen LogP contribution >= 0.6 is 23.1 Å². The highest BCUT2D eigenvalue weighted by molar-refractivity contribution is 7.04. The van der Waals surface area contributed by atoms with Gasteiger partial charge < -0.3 is 8.75 Å². The summed E-state index contributed by atoms with van der Waals surface area (Å²) < 4.78 is 6.56. The van der Waals surface area contributed by atoms with Gasteiger partial charge in [0.25, 0.3) is 0 Å². The van der Waals surface area contributed by atoms with Crippen molar-refractivity contribution >= 4 is 47.4 Å². The summed E-state index contributed by atoms with van der Waals surface area (Å²) in [4.78, 5) is 9.22. The van der Waals surface area contributed by atoms with Crippen LogP contribution in [0.3, 0.4) is 0 Å². The standard InChI is InChI=1S/C24H16N4S2/c1(15-3-9-23-20(15)13-29-27-23)5-18-6-7-19-17(11-25-18)12-26-22(19)8-2-16-4-10-24-21(16)14-30-28-24/h1-14,27-28H/b5-1+,8-2+. The lowest BCUT2D eigenvalue weighted by atomic mass is 10.1. The van der Waals surface area contributed by atoms with E-state index in [1.165, 1.54) is 33.6 Å². The number of aromatic amines is 2. The van der Waals surface area contributed by atoms with Gasteiger partial charge in [-0.1, -0.05) is 47.3 Å². The summed E-state index contributed by atoms with van der Waals surface area (Å²) in [5, 5.41) is 4.28. The van der Waals surface area contributed by atoms with Crippen LogP contribution in [0.15, 0.2) is 59.6 Å². The van der Waals surface area contributed by atoms with Crippen LogP contribution in [-0.4, -0.2) is 18.7 Å². The summed E-state index contributed by atoms with van der Waals surface area (Å²) in [6.45, 7) is 0. The monoisotopic (exact) mass is 424 g/mol. The predicted molar refractivity (Wildman–Crippen MR) is 127 cm³/mol. The Balaban J connectivity index is 1.29. The molecule has 0 amide bonds. The van der Waals surface area contributed by atoms with E-state index in [4.69, 9.17) is 0 Å². The van der Waals surface area contributed by atoms with Gasteiger partial charge in [-0.2, -0.15) is 0 Å². The Morgan fingerprint density at radius 3 is 2.03 bits per heavy atom. The van der Waals surface area contributed by atoms with Gasteiger partial charge in [0.2, 0.25) is 0 Å². The van der Waals surface area contributed by atoms with Crippen molar-refractivity contribution in [3.63, 3.8) is 0 Å². The molecule has 4 aliphatic heterocycles. The van der Waals surface area contributed by atoms with Crippen molar-refractivity contribution in [1.29, 1.82) is 0 Å². The van der Waals surface area contributed by atoms with E-state index in [-0.39, 0.29) is 0 Å². The maximum absolute atomic E-state index is 4.64. The second-order valence-electron chi connectivity index (χ2n) is 7.10. The Morgan fingerprint density at radius 1 is 0.633 bits per heavy atom. The van der Waals surface area contributed by atoms with Gasteiger partial charge in [-0.15, -0.1) is 0 Å². The molecule has 0 aromatic carbocycles. The van der Waals surface area contributed by atoms with Crippen LogP contribution in [0.2, 0.25) is 0 Å². The molecule has 6 aliphatic rings. The number of hydrogen-bond donors (Lipinski definition) is 2. The summed E-state index contributed by atoms with van der Waals surface area (Å²) in [6.07, 6.45) is 12.2. The molecular weight excluding hydrogens is 408 g/mol. The van der Waals surface area contributed by atoms with Crippen LogP contribution in [-0.2, 0) is 0 Å². The van der Waals surface area contributed by atoms with E-state index >= 15 is 0 Å². The van der Waals surface area contributed by atoms with Crippen molar-refractivity contribution in [2.75, 3.05) is 0 Å². The molecule has 0 spiro atoms. The summed E-state index contributed by atoms with van der Waals surface area (Å²) in [5.74, 6) is 0. The summed E-state index contributed by atoms with van der Waals surface area (Å²) in [5.41, 5.74) is 11.3. The van der Waals surface area contributed by atoms with Gasteiger partial charge in [-0.25, -0.2) is 0 Å². The Morgan fingerprint density at radius 2 is 1.30 bits per heavy atom. The van der Waals surface area contributed by atoms with Crippen molar-refractivity contribution < 1.29 is 0 Å². The van der Waals surface area contributed by atoms with Gasteiger partial charge in [0.1, 0.15) is 0 Å². The Bertz CT molecular complexity index is 1410. The molecule has 2 aliphatic carbocycles. The average Bonchev–Trinajstić information content (AvgIpc) is 3.54. The Hall–Kier alpha value is -3.48. The molecule has 0 saturated heterocycles. The van der Waals surface area contributed by atoms with E-state index in [1.54, 1.807) is 23.1 Å². The highest BCUT2D eigenvalue weighted by atomic mass is 32.1. The van der Waals surface area contributed by atoms with E-state index in [0.29, 0.717) is 0 Å². The normalized spacial score (nSPS) is 12.4. The molecule has 0 bridgehead atoms. The maximum Gasteiger partial charge on any atom is 0.0709 e. The van der Waals surface area contributed by atoms with Crippen LogP contribution in [0.5, 0.6) is 0 Å². The number of H-pyrrole nitrogens is 2. The molecule has 0 radical (unpaired) electrons. The summed E-state index contributed by atoms with van der Waals surface area (Å²) >= 11 is 3.23. The SMILES string of the molecule is C(=C\c1ccc2[nH]scc1-2)/c1ccc2c(/C=C/c3ccc4[nH]scc3-4)ncc-2cn1. The minimum Gasteiger partial charge on any atom is -0.311 e. The molecule has 0 aromatic heterocycles. The van der Waals surface area contributed by atoms with Crippen molar-refractivity contribution in [1.82, 2.24) is 18.7 Å². The number of nitrogens with one attached hydrogen (secondary N) is 2. The lowest BCUT2D eigenvalue weighted by molar-refractivity contribution is 1.33. The first kappa shape index (κ1) is 17.4. The molecule has 2 N–H and O–H groups in total.